The van der Waals surface area contributed by atoms with Crippen molar-refractivity contribution in [3.8, 4) is 11.3 Å². The minimum Gasteiger partial charge on any atom is -0.481 e. The molecule has 2 aromatic rings. The Morgan fingerprint density at radius 3 is 2.44 bits per heavy atom. The average Bonchev–Trinajstić information content (AvgIpc) is 2.99. The number of aromatic nitrogens is 2. The molecule has 2 aliphatic rings. The van der Waals surface area contributed by atoms with E-state index in [1.807, 2.05) is 17.0 Å². The number of carbonyl (C=O) groups is 2. The van der Waals surface area contributed by atoms with Crippen molar-refractivity contribution in [2.75, 3.05) is 18.0 Å². The number of aliphatic carboxylic acids is 1. The van der Waals surface area contributed by atoms with E-state index in [-0.39, 0.29) is 18.1 Å². The quantitative estimate of drug-likeness (QED) is 0.856. The molecule has 8 heteroatoms. The maximum Gasteiger partial charge on any atom is 0.309 e. The van der Waals surface area contributed by atoms with Gasteiger partial charge in [-0.1, -0.05) is 0 Å². The highest BCUT2D eigenvalue weighted by atomic mass is 19.1. The van der Waals surface area contributed by atoms with Crippen molar-refractivity contribution in [3.63, 3.8) is 0 Å². The standard InChI is InChI=1S/C19H19FN4O3/c20-13-3-1-12(2-4-13)15-5-6-16(23-22-15)24-9-7-19(8-10-24)14(18(26)27)11-17(25)21-19/h1-6,14H,7-11H2,(H,21,25)(H,26,27)/t14-/m1/s1. The van der Waals surface area contributed by atoms with Gasteiger partial charge < -0.3 is 15.3 Å². The zero-order chi connectivity index (χ0) is 19.0. The van der Waals surface area contributed by atoms with Gasteiger partial charge in [0, 0.05) is 25.1 Å². The minimum atomic E-state index is -0.926. The Morgan fingerprint density at radius 2 is 1.85 bits per heavy atom. The molecule has 0 radical (unpaired) electrons. The number of benzene rings is 1. The third kappa shape index (κ3) is 3.22. The molecular weight excluding hydrogens is 351 g/mol. The SMILES string of the molecule is O=C1C[C@H](C(=O)O)C2(CCN(c3ccc(-c4ccc(F)cc4)nn3)CC2)N1. The fourth-order valence-electron chi connectivity index (χ4n) is 4.00. The number of anilines is 1. The van der Waals surface area contributed by atoms with Gasteiger partial charge >= 0.3 is 5.97 Å². The second-order valence-corrected chi connectivity index (χ2v) is 7.07. The number of carboxylic acid groups (broad SMARTS) is 1. The van der Waals surface area contributed by atoms with Crippen LogP contribution in [0.3, 0.4) is 0 Å². The lowest BCUT2D eigenvalue weighted by molar-refractivity contribution is -0.144. The smallest absolute Gasteiger partial charge is 0.309 e. The van der Waals surface area contributed by atoms with Crippen LogP contribution >= 0.6 is 0 Å². The molecule has 2 aliphatic heterocycles. The van der Waals surface area contributed by atoms with E-state index in [1.54, 1.807) is 12.1 Å². The molecule has 27 heavy (non-hydrogen) atoms. The normalized spacial score (nSPS) is 21.3. The number of amides is 1. The number of hydrogen-bond acceptors (Lipinski definition) is 5. The van der Waals surface area contributed by atoms with Gasteiger partial charge in [-0.05, 0) is 49.2 Å². The fourth-order valence-corrected chi connectivity index (χ4v) is 4.00. The van der Waals surface area contributed by atoms with Crippen molar-refractivity contribution < 1.29 is 19.1 Å². The Kier molecular flexibility index (Phi) is 4.25. The Bertz CT molecular complexity index is 862. The lowest BCUT2D eigenvalue weighted by Crippen LogP contribution is -2.55. The molecule has 2 saturated heterocycles. The number of carbonyl (C=O) groups excluding carboxylic acids is 1. The van der Waals surface area contributed by atoms with Crippen molar-refractivity contribution in [2.24, 2.45) is 5.92 Å². The van der Waals surface area contributed by atoms with Crippen molar-refractivity contribution in [1.82, 2.24) is 15.5 Å². The summed E-state index contributed by atoms with van der Waals surface area (Å²) in [5.74, 6) is -1.40. The fraction of sp³-hybridized carbons (Fsp3) is 0.368. The summed E-state index contributed by atoms with van der Waals surface area (Å²) in [4.78, 5) is 25.3. The molecule has 4 rings (SSSR count). The molecule has 3 heterocycles. The summed E-state index contributed by atoms with van der Waals surface area (Å²) in [7, 11) is 0. The van der Waals surface area contributed by atoms with Crippen LogP contribution in [0.5, 0.6) is 0 Å². The first-order chi connectivity index (χ1) is 13.0. The molecule has 1 atom stereocenters. The van der Waals surface area contributed by atoms with Crippen LogP contribution in [0, 0.1) is 11.7 Å². The van der Waals surface area contributed by atoms with E-state index in [0.29, 0.717) is 37.4 Å². The number of nitrogens with zero attached hydrogens (tertiary/aromatic N) is 3. The Morgan fingerprint density at radius 1 is 1.15 bits per heavy atom. The first-order valence-electron chi connectivity index (χ1n) is 8.85. The van der Waals surface area contributed by atoms with Crippen LogP contribution in [-0.4, -0.2) is 45.8 Å². The largest absolute Gasteiger partial charge is 0.481 e. The molecule has 1 amide bonds. The number of carboxylic acids is 1. The number of halogens is 1. The predicted molar refractivity (Wildman–Crippen MR) is 95.5 cm³/mol. The molecule has 1 spiro atoms. The molecule has 0 unspecified atom stereocenters. The van der Waals surface area contributed by atoms with Gasteiger partial charge in [-0.2, -0.15) is 0 Å². The van der Waals surface area contributed by atoms with Gasteiger partial charge in [0.2, 0.25) is 5.91 Å². The molecule has 7 nitrogen and oxygen atoms in total. The van der Waals surface area contributed by atoms with Gasteiger partial charge in [-0.15, -0.1) is 10.2 Å². The molecule has 0 saturated carbocycles. The van der Waals surface area contributed by atoms with E-state index >= 15 is 0 Å². The van der Waals surface area contributed by atoms with Crippen molar-refractivity contribution >= 4 is 17.7 Å². The molecule has 1 aromatic heterocycles. The van der Waals surface area contributed by atoms with Crippen molar-refractivity contribution in [3.05, 3.63) is 42.2 Å². The summed E-state index contributed by atoms with van der Waals surface area (Å²) in [5.41, 5.74) is 0.771. The van der Waals surface area contributed by atoms with Gasteiger partial charge in [-0.3, -0.25) is 9.59 Å². The zero-order valence-corrected chi connectivity index (χ0v) is 14.6. The zero-order valence-electron chi connectivity index (χ0n) is 14.6. The van der Waals surface area contributed by atoms with Crippen LogP contribution in [-0.2, 0) is 9.59 Å². The Labute approximate surface area is 155 Å². The number of hydrogen-bond donors (Lipinski definition) is 2. The summed E-state index contributed by atoms with van der Waals surface area (Å²) in [6, 6.07) is 9.74. The van der Waals surface area contributed by atoms with E-state index in [1.165, 1.54) is 12.1 Å². The van der Waals surface area contributed by atoms with E-state index in [2.05, 4.69) is 15.5 Å². The Balaban J connectivity index is 1.46. The summed E-state index contributed by atoms with van der Waals surface area (Å²) >= 11 is 0. The molecule has 1 aromatic carbocycles. The van der Waals surface area contributed by atoms with E-state index in [0.717, 1.165) is 5.56 Å². The highest BCUT2D eigenvalue weighted by Gasteiger charge is 2.51. The first kappa shape index (κ1) is 17.4. The van der Waals surface area contributed by atoms with Crippen LogP contribution in [0.1, 0.15) is 19.3 Å². The maximum atomic E-state index is 13.0. The second kappa shape index (κ2) is 6.61. The number of rotatable bonds is 3. The lowest BCUT2D eigenvalue weighted by Gasteiger charge is -2.41. The Hall–Kier alpha value is -3.03. The van der Waals surface area contributed by atoms with Crippen molar-refractivity contribution in [2.45, 2.75) is 24.8 Å². The number of piperidine rings is 1. The molecule has 140 valence electrons. The van der Waals surface area contributed by atoms with Gasteiger partial charge in [0.15, 0.2) is 5.82 Å². The molecule has 0 bridgehead atoms. The summed E-state index contributed by atoms with van der Waals surface area (Å²) in [5, 5.41) is 20.8. The topological polar surface area (TPSA) is 95.4 Å². The third-order valence-corrected chi connectivity index (χ3v) is 5.51. The van der Waals surface area contributed by atoms with Crippen LogP contribution in [0.2, 0.25) is 0 Å². The predicted octanol–water partition coefficient (Wildman–Crippen LogP) is 1.84. The highest BCUT2D eigenvalue weighted by molar-refractivity contribution is 5.88. The van der Waals surface area contributed by atoms with E-state index < -0.39 is 17.4 Å². The monoisotopic (exact) mass is 370 g/mol. The van der Waals surface area contributed by atoms with Crippen LogP contribution in [0.25, 0.3) is 11.3 Å². The molecular formula is C19H19FN4O3. The van der Waals surface area contributed by atoms with E-state index in [9.17, 15) is 19.1 Å². The molecule has 2 N–H and O–H groups in total. The average molecular weight is 370 g/mol. The second-order valence-electron chi connectivity index (χ2n) is 7.07. The van der Waals surface area contributed by atoms with Gasteiger partial charge in [0.1, 0.15) is 5.82 Å². The van der Waals surface area contributed by atoms with Crippen LogP contribution < -0.4 is 10.2 Å². The highest BCUT2D eigenvalue weighted by Crippen LogP contribution is 2.37. The van der Waals surface area contributed by atoms with Crippen molar-refractivity contribution in [1.29, 1.82) is 0 Å². The summed E-state index contributed by atoms with van der Waals surface area (Å²) in [6.07, 6.45) is 1.15. The summed E-state index contributed by atoms with van der Waals surface area (Å²) < 4.78 is 13.0. The van der Waals surface area contributed by atoms with Crippen LogP contribution in [0.4, 0.5) is 10.2 Å². The van der Waals surface area contributed by atoms with Gasteiger partial charge in [0.05, 0.1) is 17.2 Å². The summed E-state index contributed by atoms with van der Waals surface area (Å²) in [6.45, 7) is 1.18. The van der Waals surface area contributed by atoms with Gasteiger partial charge in [0.25, 0.3) is 0 Å². The molecule has 2 fully saturated rings. The third-order valence-electron chi connectivity index (χ3n) is 5.51. The maximum absolute atomic E-state index is 13.0. The number of nitrogens with one attached hydrogen (secondary N) is 1. The van der Waals surface area contributed by atoms with Gasteiger partial charge in [-0.25, -0.2) is 4.39 Å². The minimum absolute atomic E-state index is 0.0432. The molecule has 0 aliphatic carbocycles. The lowest BCUT2D eigenvalue weighted by atomic mass is 9.78. The van der Waals surface area contributed by atoms with Crippen LogP contribution in [0.15, 0.2) is 36.4 Å². The van der Waals surface area contributed by atoms with E-state index in [4.69, 9.17) is 0 Å². The first-order valence-corrected chi connectivity index (χ1v) is 8.85.